The van der Waals surface area contributed by atoms with Gasteiger partial charge in [-0.1, -0.05) is 11.6 Å². The zero-order valence-electron chi connectivity index (χ0n) is 11.1. The van der Waals surface area contributed by atoms with Crippen molar-refractivity contribution in [3.8, 4) is 0 Å². The number of hydrogen-bond acceptors (Lipinski definition) is 5. The number of anilines is 1. The molecule has 6 nitrogen and oxygen atoms in total. The van der Waals surface area contributed by atoms with E-state index in [1.165, 1.54) is 6.92 Å². The summed E-state index contributed by atoms with van der Waals surface area (Å²) in [6, 6.07) is 1.05. The molecule has 0 aliphatic carbocycles. The minimum atomic E-state index is -4.04. The molecule has 0 amide bonds. The van der Waals surface area contributed by atoms with E-state index in [2.05, 4.69) is 0 Å². The monoisotopic (exact) mass is 356 g/mol. The number of nitrogens with zero attached hydrogens (tertiary/aromatic N) is 1. The molecule has 1 aliphatic rings. The molecule has 1 aliphatic heterocycles. The van der Waals surface area contributed by atoms with Crippen LogP contribution in [0.4, 0.5) is 10.1 Å². The second-order valence-electron chi connectivity index (χ2n) is 4.88. The van der Waals surface area contributed by atoms with Crippen LogP contribution in [0, 0.1) is 5.82 Å². The lowest BCUT2D eigenvalue weighted by molar-refractivity contribution is 0.357. The standard InChI is InChI=1S/C11H14ClFN2O4S2/c1-7-6-20(16,17)3-2-15(7)21(18,19)11-5-10(14)9(13)4-8(11)12/h4-5,7H,2-3,6,14H2,1H3. The van der Waals surface area contributed by atoms with Crippen LogP contribution >= 0.6 is 11.6 Å². The SMILES string of the molecule is CC1CS(=O)(=O)CCN1S(=O)(=O)c1cc(N)c(F)cc1Cl. The molecule has 0 radical (unpaired) electrons. The largest absolute Gasteiger partial charge is 0.396 e. The Balaban J connectivity index is 2.46. The lowest BCUT2D eigenvalue weighted by atomic mass is 10.3. The van der Waals surface area contributed by atoms with Crippen molar-refractivity contribution in [1.82, 2.24) is 4.31 Å². The van der Waals surface area contributed by atoms with E-state index in [0.717, 1.165) is 16.4 Å². The third-order valence-electron chi connectivity index (χ3n) is 3.25. The van der Waals surface area contributed by atoms with Crippen LogP contribution in [0.25, 0.3) is 0 Å². The molecule has 0 aromatic heterocycles. The van der Waals surface area contributed by atoms with E-state index < -0.39 is 31.7 Å². The fourth-order valence-electron chi connectivity index (χ4n) is 2.21. The summed E-state index contributed by atoms with van der Waals surface area (Å²) in [6.07, 6.45) is 0. The zero-order valence-corrected chi connectivity index (χ0v) is 13.5. The molecule has 1 unspecified atom stereocenters. The highest BCUT2D eigenvalue weighted by atomic mass is 35.5. The molecule has 0 bridgehead atoms. The Morgan fingerprint density at radius 3 is 2.62 bits per heavy atom. The molecule has 118 valence electrons. The Labute approximate surface area is 127 Å². The van der Waals surface area contributed by atoms with Gasteiger partial charge in [-0.15, -0.1) is 0 Å². The molecule has 0 spiro atoms. The highest BCUT2D eigenvalue weighted by Crippen LogP contribution is 2.30. The van der Waals surface area contributed by atoms with Gasteiger partial charge in [0.25, 0.3) is 0 Å². The third-order valence-corrected chi connectivity index (χ3v) is 7.52. The molecule has 0 saturated carbocycles. The van der Waals surface area contributed by atoms with Crippen molar-refractivity contribution in [2.45, 2.75) is 17.9 Å². The first kappa shape index (κ1) is 16.5. The summed E-state index contributed by atoms with van der Waals surface area (Å²) in [4.78, 5) is -0.325. The topological polar surface area (TPSA) is 97.5 Å². The summed E-state index contributed by atoms with van der Waals surface area (Å²) in [5, 5.41) is -0.290. The van der Waals surface area contributed by atoms with Gasteiger partial charge in [-0.05, 0) is 19.1 Å². The third kappa shape index (κ3) is 3.15. The van der Waals surface area contributed by atoms with Gasteiger partial charge in [0.15, 0.2) is 9.84 Å². The van der Waals surface area contributed by atoms with Gasteiger partial charge in [-0.3, -0.25) is 0 Å². The Kier molecular flexibility index (Phi) is 4.22. The van der Waals surface area contributed by atoms with Crippen LogP contribution in [0.1, 0.15) is 6.92 Å². The second kappa shape index (κ2) is 5.38. The maximum Gasteiger partial charge on any atom is 0.244 e. The quantitative estimate of drug-likeness (QED) is 0.793. The summed E-state index contributed by atoms with van der Waals surface area (Å²) in [6.45, 7) is 1.33. The smallest absolute Gasteiger partial charge is 0.244 e. The Bertz CT molecular complexity index is 780. The number of rotatable bonds is 2. The van der Waals surface area contributed by atoms with Crippen LogP contribution in [0.3, 0.4) is 0 Å². The van der Waals surface area contributed by atoms with Crippen molar-refractivity contribution in [3.05, 3.63) is 23.0 Å². The molecule has 1 fully saturated rings. The molecule has 10 heteroatoms. The van der Waals surface area contributed by atoms with Crippen molar-refractivity contribution in [1.29, 1.82) is 0 Å². The van der Waals surface area contributed by atoms with Crippen molar-refractivity contribution in [2.24, 2.45) is 0 Å². The van der Waals surface area contributed by atoms with Crippen LogP contribution in [-0.2, 0) is 19.9 Å². The van der Waals surface area contributed by atoms with Crippen molar-refractivity contribution in [2.75, 3.05) is 23.8 Å². The average molecular weight is 357 g/mol. The highest BCUT2D eigenvalue weighted by Gasteiger charge is 2.37. The number of halogens is 2. The summed E-state index contributed by atoms with van der Waals surface area (Å²) in [7, 11) is -7.30. The number of sulfone groups is 1. The average Bonchev–Trinajstić information content (AvgIpc) is 2.31. The first-order valence-electron chi connectivity index (χ1n) is 6.01. The van der Waals surface area contributed by atoms with Gasteiger partial charge < -0.3 is 5.73 Å². The molecule has 1 heterocycles. The highest BCUT2D eigenvalue weighted by molar-refractivity contribution is 7.92. The van der Waals surface area contributed by atoms with Crippen molar-refractivity contribution in [3.63, 3.8) is 0 Å². The first-order valence-corrected chi connectivity index (χ1v) is 9.65. The van der Waals surface area contributed by atoms with E-state index in [-0.39, 0.29) is 33.7 Å². The summed E-state index contributed by atoms with van der Waals surface area (Å²) >= 11 is 5.79. The molecule has 1 atom stereocenters. The minimum Gasteiger partial charge on any atom is -0.396 e. The minimum absolute atomic E-state index is 0.167. The fourth-order valence-corrected chi connectivity index (χ4v) is 6.13. The van der Waals surface area contributed by atoms with Crippen LogP contribution in [0.5, 0.6) is 0 Å². The maximum atomic E-state index is 13.3. The lowest BCUT2D eigenvalue weighted by Gasteiger charge is -2.32. The van der Waals surface area contributed by atoms with Crippen molar-refractivity contribution >= 4 is 37.1 Å². The van der Waals surface area contributed by atoms with E-state index in [4.69, 9.17) is 17.3 Å². The maximum absolute atomic E-state index is 13.3. The van der Waals surface area contributed by atoms with Crippen molar-refractivity contribution < 1.29 is 21.2 Å². The normalized spacial score (nSPS) is 23.1. The summed E-state index contributed by atoms with van der Waals surface area (Å²) in [5.41, 5.74) is 5.04. The molecule has 1 aromatic carbocycles. The van der Waals surface area contributed by atoms with Gasteiger partial charge in [-0.2, -0.15) is 4.31 Å². The number of nitrogen functional groups attached to an aromatic ring is 1. The predicted octanol–water partition coefficient (Wildman–Crippen LogP) is 0.869. The van der Waals surface area contributed by atoms with Crippen LogP contribution < -0.4 is 5.73 Å². The Morgan fingerprint density at radius 2 is 2.05 bits per heavy atom. The number of benzene rings is 1. The first-order chi connectivity index (χ1) is 9.54. The zero-order chi connectivity index (χ0) is 16.0. The van der Waals surface area contributed by atoms with E-state index >= 15 is 0 Å². The Morgan fingerprint density at radius 1 is 1.43 bits per heavy atom. The van der Waals surface area contributed by atoms with Crippen LogP contribution in [0.2, 0.25) is 5.02 Å². The van der Waals surface area contributed by atoms with E-state index in [9.17, 15) is 21.2 Å². The number of sulfonamides is 1. The molecule has 21 heavy (non-hydrogen) atoms. The van der Waals surface area contributed by atoms with Crippen LogP contribution in [0.15, 0.2) is 17.0 Å². The number of hydrogen-bond donors (Lipinski definition) is 1. The predicted molar refractivity (Wildman–Crippen MR) is 77.8 cm³/mol. The summed E-state index contributed by atoms with van der Waals surface area (Å²) in [5.74, 6) is -1.33. The van der Waals surface area contributed by atoms with Gasteiger partial charge >= 0.3 is 0 Å². The van der Waals surface area contributed by atoms with Gasteiger partial charge in [0.1, 0.15) is 10.7 Å². The molecular weight excluding hydrogens is 343 g/mol. The Hall–Kier alpha value is -0.900. The van der Waals surface area contributed by atoms with E-state index in [1.807, 2.05) is 0 Å². The molecule has 1 saturated heterocycles. The van der Waals surface area contributed by atoms with Gasteiger partial charge in [-0.25, -0.2) is 21.2 Å². The molecule has 1 aromatic rings. The molecule has 2 rings (SSSR count). The van der Waals surface area contributed by atoms with Gasteiger partial charge in [0.2, 0.25) is 10.0 Å². The second-order valence-corrected chi connectivity index (χ2v) is 9.38. The van der Waals surface area contributed by atoms with E-state index in [0.29, 0.717) is 0 Å². The van der Waals surface area contributed by atoms with Crippen LogP contribution in [-0.4, -0.2) is 45.2 Å². The molecular formula is C11H14ClFN2O4S2. The molecule has 2 N–H and O–H groups in total. The fraction of sp³-hybridized carbons (Fsp3) is 0.455. The lowest BCUT2D eigenvalue weighted by Crippen LogP contribution is -2.49. The van der Waals surface area contributed by atoms with Gasteiger partial charge in [0, 0.05) is 12.6 Å². The van der Waals surface area contributed by atoms with Gasteiger partial charge in [0.05, 0.1) is 22.2 Å². The number of nitrogens with two attached hydrogens (primary N) is 1. The van der Waals surface area contributed by atoms with E-state index in [1.54, 1.807) is 0 Å². The summed E-state index contributed by atoms with van der Waals surface area (Å²) < 4.78 is 62.5.